The van der Waals surface area contributed by atoms with Crippen molar-refractivity contribution in [3.63, 3.8) is 0 Å². The van der Waals surface area contributed by atoms with E-state index in [1.54, 1.807) is 0 Å². The number of halogens is 3. The molecular formula is C14H11F3N5O2S+. The van der Waals surface area contributed by atoms with Crippen LogP contribution in [0.1, 0.15) is 5.69 Å². The standard InChI is InChI=1S/C14H11F3N5O2S/c15-14(16,17)22(10-1-3-11(4-2-10)25(18,23)24)8-7-21-13(22)12-9-19-5-6-20-12/h1-9H,(H2,18,23,24)/q+1. The van der Waals surface area contributed by atoms with E-state index in [1.807, 2.05) is 0 Å². The quantitative estimate of drug-likeness (QED) is 0.659. The number of sulfonamides is 1. The summed E-state index contributed by atoms with van der Waals surface area (Å²) in [6.45, 7) is 0. The molecule has 0 bridgehead atoms. The maximum Gasteiger partial charge on any atom is 0.576 e. The van der Waals surface area contributed by atoms with Gasteiger partial charge in [-0.15, -0.1) is 17.7 Å². The molecule has 0 radical (unpaired) electrons. The minimum Gasteiger partial charge on any atom is -0.261 e. The first-order valence-electron chi connectivity index (χ1n) is 6.78. The third kappa shape index (κ3) is 2.81. The maximum atomic E-state index is 14.0. The summed E-state index contributed by atoms with van der Waals surface area (Å²) in [5.41, 5.74) is -0.321. The molecule has 1 aromatic carbocycles. The number of quaternary nitrogens is 1. The monoisotopic (exact) mass is 370 g/mol. The van der Waals surface area contributed by atoms with Gasteiger partial charge in [0.15, 0.2) is 11.4 Å². The molecule has 0 fully saturated rings. The summed E-state index contributed by atoms with van der Waals surface area (Å²) in [4.78, 5) is 11.2. The van der Waals surface area contributed by atoms with Gasteiger partial charge < -0.3 is 0 Å². The van der Waals surface area contributed by atoms with Gasteiger partial charge in [-0.1, -0.05) is 0 Å². The van der Waals surface area contributed by atoms with Crippen LogP contribution < -0.4 is 9.62 Å². The zero-order valence-electron chi connectivity index (χ0n) is 12.4. The molecule has 0 saturated heterocycles. The molecule has 0 aliphatic carbocycles. The van der Waals surface area contributed by atoms with Crippen LogP contribution in [0.4, 0.5) is 18.9 Å². The van der Waals surface area contributed by atoms with Crippen molar-refractivity contribution >= 4 is 21.5 Å². The van der Waals surface area contributed by atoms with Crippen LogP contribution in [0.3, 0.4) is 0 Å². The number of nitrogens with zero attached hydrogens (tertiary/aromatic N) is 4. The van der Waals surface area contributed by atoms with Gasteiger partial charge in [0, 0.05) is 24.5 Å². The lowest BCUT2D eigenvalue weighted by atomic mass is 10.2. The maximum absolute atomic E-state index is 14.0. The summed E-state index contributed by atoms with van der Waals surface area (Å²) < 4.78 is 63.0. The molecular weight excluding hydrogens is 359 g/mol. The minimum absolute atomic E-state index is 0.0552. The molecule has 2 aromatic rings. The van der Waals surface area contributed by atoms with Crippen LogP contribution in [0.25, 0.3) is 0 Å². The molecule has 1 atom stereocenters. The van der Waals surface area contributed by atoms with Crippen molar-refractivity contribution in [2.24, 2.45) is 10.1 Å². The number of nitrogens with two attached hydrogens (primary N) is 1. The van der Waals surface area contributed by atoms with E-state index < -0.39 is 26.6 Å². The Kier molecular flexibility index (Phi) is 3.94. The van der Waals surface area contributed by atoms with Gasteiger partial charge in [0.25, 0.3) is 5.84 Å². The Morgan fingerprint density at radius 1 is 1.08 bits per heavy atom. The molecule has 130 valence electrons. The van der Waals surface area contributed by atoms with E-state index in [9.17, 15) is 21.6 Å². The minimum atomic E-state index is -4.80. The van der Waals surface area contributed by atoms with Gasteiger partial charge in [-0.25, -0.2) is 18.5 Å². The average molecular weight is 370 g/mol. The lowest BCUT2D eigenvalue weighted by Crippen LogP contribution is -2.58. The molecule has 1 unspecified atom stereocenters. The molecule has 25 heavy (non-hydrogen) atoms. The molecule has 1 aliphatic heterocycles. The van der Waals surface area contributed by atoms with E-state index in [1.165, 1.54) is 18.6 Å². The molecule has 2 heterocycles. The Labute approximate surface area is 140 Å². The highest BCUT2D eigenvalue weighted by Crippen LogP contribution is 2.42. The first-order valence-corrected chi connectivity index (χ1v) is 8.32. The number of aromatic nitrogens is 2. The van der Waals surface area contributed by atoms with Gasteiger partial charge >= 0.3 is 6.30 Å². The van der Waals surface area contributed by atoms with E-state index in [0.717, 1.165) is 36.7 Å². The molecule has 11 heteroatoms. The first kappa shape index (κ1) is 17.2. The Balaban J connectivity index is 2.19. The zero-order valence-corrected chi connectivity index (χ0v) is 13.2. The van der Waals surface area contributed by atoms with Crippen molar-refractivity contribution in [2.75, 3.05) is 0 Å². The third-order valence-electron chi connectivity index (χ3n) is 3.59. The zero-order chi connectivity index (χ0) is 18.3. The fraction of sp³-hybridized carbons (Fsp3) is 0.0714. The van der Waals surface area contributed by atoms with Crippen molar-refractivity contribution in [1.82, 2.24) is 14.5 Å². The Hall–Kier alpha value is -2.63. The van der Waals surface area contributed by atoms with Gasteiger partial charge in [-0.05, 0) is 12.1 Å². The second-order valence-corrected chi connectivity index (χ2v) is 6.63. The van der Waals surface area contributed by atoms with Crippen molar-refractivity contribution in [3.8, 4) is 0 Å². The summed E-state index contributed by atoms with van der Waals surface area (Å²) in [5, 5.41) is 4.99. The molecule has 3 rings (SSSR count). The van der Waals surface area contributed by atoms with Crippen LogP contribution in [0.5, 0.6) is 0 Å². The van der Waals surface area contributed by atoms with Gasteiger partial charge in [-0.3, -0.25) is 4.98 Å². The summed E-state index contributed by atoms with van der Waals surface area (Å²) >= 11 is 0. The summed E-state index contributed by atoms with van der Waals surface area (Å²) in [7, 11) is -4.02. The van der Waals surface area contributed by atoms with Gasteiger partial charge in [-0.2, -0.15) is 4.99 Å². The van der Waals surface area contributed by atoms with Crippen molar-refractivity contribution in [1.29, 1.82) is 0 Å². The number of primary sulfonamides is 1. The highest BCUT2D eigenvalue weighted by atomic mass is 32.2. The van der Waals surface area contributed by atoms with Crippen LogP contribution in [-0.2, 0) is 10.0 Å². The highest BCUT2D eigenvalue weighted by molar-refractivity contribution is 7.89. The molecule has 7 nitrogen and oxygen atoms in total. The van der Waals surface area contributed by atoms with Crippen molar-refractivity contribution in [2.45, 2.75) is 11.2 Å². The third-order valence-corrected chi connectivity index (χ3v) is 4.52. The van der Waals surface area contributed by atoms with Crippen molar-refractivity contribution in [3.05, 3.63) is 60.9 Å². The Morgan fingerprint density at radius 2 is 1.76 bits per heavy atom. The average Bonchev–Trinajstić information content (AvgIpc) is 3.01. The van der Waals surface area contributed by atoms with E-state index >= 15 is 0 Å². The Morgan fingerprint density at radius 3 is 2.28 bits per heavy atom. The van der Waals surface area contributed by atoms with E-state index in [0.29, 0.717) is 0 Å². The van der Waals surface area contributed by atoms with Gasteiger partial charge in [0.1, 0.15) is 6.20 Å². The fourth-order valence-electron chi connectivity index (χ4n) is 2.46. The van der Waals surface area contributed by atoms with E-state index in [-0.39, 0.29) is 16.3 Å². The smallest absolute Gasteiger partial charge is 0.261 e. The number of hydrogen-bond acceptors (Lipinski definition) is 5. The molecule has 0 amide bonds. The Bertz CT molecular complexity index is 956. The molecule has 1 aromatic heterocycles. The van der Waals surface area contributed by atoms with Crippen LogP contribution in [0.15, 0.2) is 65.1 Å². The van der Waals surface area contributed by atoms with E-state index in [4.69, 9.17) is 5.14 Å². The summed E-state index contributed by atoms with van der Waals surface area (Å²) in [6, 6.07) is 4.09. The fourth-order valence-corrected chi connectivity index (χ4v) is 2.97. The molecule has 1 aliphatic rings. The predicted octanol–water partition coefficient (Wildman–Crippen LogP) is 1.88. The van der Waals surface area contributed by atoms with Crippen LogP contribution in [-0.4, -0.2) is 30.5 Å². The molecule has 0 saturated carbocycles. The van der Waals surface area contributed by atoms with Gasteiger partial charge in [0.2, 0.25) is 10.0 Å². The van der Waals surface area contributed by atoms with E-state index in [2.05, 4.69) is 15.0 Å². The number of alkyl halides is 3. The van der Waals surface area contributed by atoms with Gasteiger partial charge in [0.05, 0.1) is 17.3 Å². The number of amidine groups is 1. The van der Waals surface area contributed by atoms with Crippen molar-refractivity contribution < 1.29 is 21.6 Å². The summed E-state index contributed by atoms with van der Waals surface area (Å²) in [5.74, 6) is -0.399. The second kappa shape index (κ2) is 5.72. The predicted molar refractivity (Wildman–Crippen MR) is 83.4 cm³/mol. The number of hydrogen-bond donors (Lipinski definition) is 1. The largest absolute Gasteiger partial charge is 0.576 e. The van der Waals surface area contributed by atoms with Crippen LogP contribution in [0, 0.1) is 0 Å². The lowest BCUT2D eigenvalue weighted by molar-refractivity contribution is -0.196. The topological polar surface area (TPSA) is 98.3 Å². The second-order valence-electron chi connectivity index (χ2n) is 5.07. The first-order chi connectivity index (χ1) is 11.7. The summed E-state index contributed by atoms with van der Waals surface area (Å²) in [6.07, 6.45) is 0.817. The number of aliphatic imine (C=N–C) groups is 1. The van der Waals surface area contributed by atoms with Crippen LogP contribution in [0.2, 0.25) is 0 Å². The normalized spacial score (nSPS) is 20.6. The van der Waals surface area contributed by atoms with Crippen LogP contribution >= 0.6 is 0 Å². The SMILES string of the molecule is NS(=O)(=O)c1ccc([N+]2(C(F)(F)F)C=CN=C2c2cnccn2)cc1. The lowest BCUT2D eigenvalue weighted by Gasteiger charge is -2.32. The molecule has 0 spiro atoms. The molecule has 2 N–H and O–H groups in total. The number of benzene rings is 1. The number of rotatable bonds is 3. The highest BCUT2D eigenvalue weighted by Gasteiger charge is 2.62.